The zero-order valence-corrected chi connectivity index (χ0v) is 18.3. The van der Waals surface area contributed by atoms with Gasteiger partial charge in [-0.2, -0.15) is 0 Å². The molecule has 0 aliphatic heterocycles. The van der Waals surface area contributed by atoms with Crippen molar-refractivity contribution in [2.45, 2.75) is 18.2 Å². The van der Waals surface area contributed by atoms with Crippen LogP contribution in [0.3, 0.4) is 0 Å². The van der Waals surface area contributed by atoms with Crippen LogP contribution in [-0.4, -0.2) is 33.5 Å². The van der Waals surface area contributed by atoms with Crippen molar-refractivity contribution < 1.29 is 22.7 Å². The van der Waals surface area contributed by atoms with E-state index < -0.39 is 10.0 Å². The van der Waals surface area contributed by atoms with Crippen LogP contribution < -0.4 is 19.5 Å². The Morgan fingerprint density at radius 1 is 1.10 bits per heavy atom. The normalized spacial score (nSPS) is 11.0. The summed E-state index contributed by atoms with van der Waals surface area (Å²) in [6, 6.07) is 11.6. The maximum absolute atomic E-state index is 12.5. The van der Waals surface area contributed by atoms with Gasteiger partial charge in [-0.25, -0.2) is 13.4 Å². The lowest BCUT2D eigenvalue weighted by molar-refractivity contribution is -0.115. The molecule has 0 bridgehead atoms. The number of hydrogen-bond acceptors (Lipinski definition) is 7. The molecule has 1 amide bonds. The van der Waals surface area contributed by atoms with Crippen molar-refractivity contribution >= 4 is 38.1 Å². The Kier molecular flexibility index (Phi) is 6.58. The molecule has 0 saturated carbocycles. The Morgan fingerprint density at radius 2 is 1.83 bits per heavy atom. The first-order valence-corrected chi connectivity index (χ1v) is 11.2. The number of anilines is 2. The number of aromatic nitrogens is 1. The summed E-state index contributed by atoms with van der Waals surface area (Å²) in [6.07, 6.45) is -0.0159. The van der Waals surface area contributed by atoms with E-state index in [-0.39, 0.29) is 22.4 Å². The van der Waals surface area contributed by atoms with Crippen LogP contribution in [0.1, 0.15) is 11.3 Å². The first kappa shape index (κ1) is 21.6. The lowest BCUT2D eigenvalue weighted by atomic mass is 10.2. The molecule has 0 saturated heterocycles. The molecule has 30 heavy (non-hydrogen) atoms. The van der Waals surface area contributed by atoms with Crippen LogP contribution in [-0.2, 0) is 21.2 Å². The van der Waals surface area contributed by atoms with Crippen LogP contribution >= 0.6 is 11.3 Å². The van der Waals surface area contributed by atoms with E-state index in [0.29, 0.717) is 22.9 Å². The number of nitrogens with zero attached hydrogens (tertiary/aromatic N) is 1. The summed E-state index contributed by atoms with van der Waals surface area (Å²) < 4.78 is 37.8. The number of methoxy groups -OCH3 is 2. The molecule has 0 atom stereocenters. The van der Waals surface area contributed by atoms with Crippen LogP contribution in [0.4, 0.5) is 10.8 Å². The smallest absolute Gasteiger partial charge is 0.263 e. The standard InChI is InChI=1S/C20H21N3O5S2/c1-13-4-7-16(8-5-13)30(25,26)23-20-21-14(12-29-20)10-19(24)22-17-9-6-15(27-2)11-18(17)28-3/h4-9,11-12H,10H2,1-3H3,(H,21,23)(H,22,24). The van der Waals surface area contributed by atoms with Crippen molar-refractivity contribution in [1.82, 2.24) is 4.98 Å². The molecule has 3 aromatic rings. The van der Waals surface area contributed by atoms with Gasteiger partial charge in [-0.3, -0.25) is 9.52 Å². The molecule has 158 valence electrons. The van der Waals surface area contributed by atoms with E-state index in [0.717, 1.165) is 16.9 Å². The Balaban J connectivity index is 1.65. The van der Waals surface area contributed by atoms with Crippen molar-refractivity contribution in [1.29, 1.82) is 0 Å². The monoisotopic (exact) mass is 447 g/mol. The van der Waals surface area contributed by atoms with Crippen LogP contribution in [0.25, 0.3) is 0 Å². The van der Waals surface area contributed by atoms with E-state index in [1.165, 1.54) is 19.2 Å². The van der Waals surface area contributed by atoms with Gasteiger partial charge < -0.3 is 14.8 Å². The molecule has 0 aliphatic rings. The van der Waals surface area contributed by atoms with E-state index >= 15 is 0 Å². The summed E-state index contributed by atoms with van der Waals surface area (Å²) in [5.41, 5.74) is 1.91. The SMILES string of the molecule is COc1ccc(NC(=O)Cc2csc(NS(=O)(=O)c3ccc(C)cc3)n2)c(OC)c1. The van der Waals surface area contributed by atoms with Gasteiger partial charge in [0.05, 0.1) is 36.9 Å². The molecule has 0 radical (unpaired) electrons. The highest BCUT2D eigenvalue weighted by molar-refractivity contribution is 7.93. The number of carbonyl (C=O) groups is 1. The highest BCUT2D eigenvalue weighted by atomic mass is 32.2. The number of hydrogen-bond donors (Lipinski definition) is 2. The van der Waals surface area contributed by atoms with Crippen LogP contribution in [0, 0.1) is 6.92 Å². The van der Waals surface area contributed by atoms with Gasteiger partial charge in [-0.05, 0) is 31.2 Å². The second-order valence-electron chi connectivity index (χ2n) is 6.35. The zero-order chi connectivity index (χ0) is 21.7. The Hall–Kier alpha value is -3.11. The first-order chi connectivity index (χ1) is 14.3. The molecule has 1 aromatic heterocycles. The van der Waals surface area contributed by atoms with Crippen molar-refractivity contribution in [3.05, 3.63) is 59.1 Å². The number of carbonyl (C=O) groups excluding carboxylic acids is 1. The van der Waals surface area contributed by atoms with Gasteiger partial charge in [0.15, 0.2) is 5.13 Å². The van der Waals surface area contributed by atoms with Crippen molar-refractivity contribution in [2.75, 3.05) is 24.3 Å². The number of amides is 1. The largest absolute Gasteiger partial charge is 0.497 e. The number of ether oxygens (including phenoxy) is 2. The average Bonchev–Trinajstić information content (AvgIpc) is 3.14. The molecule has 2 N–H and O–H groups in total. The maximum Gasteiger partial charge on any atom is 0.263 e. The van der Waals surface area contributed by atoms with Gasteiger partial charge in [0.2, 0.25) is 5.91 Å². The quantitative estimate of drug-likeness (QED) is 0.548. The molecule has 1 heterocycles. The molecular weight excluding hydrogens is 426 g/mol. The maximum atomic E-state index is 12.5. The molecule has 2 aromatic carbocycles. The van der Waals surface area contributed by atoms with E-state index in [4.69, 9.17) is 9.47 Å². The lowest BCUT2D eigenvalue weighted by Gasteiger charge is -2.11. The van der Waals surface area contributed by atoms with Gasteiger partial charge in [-0.15, -0.1) is 11.3 Å². The minimum absolute atomic E-state index is 0.0159. The molecule has 0 spiro atoms. The summed E-state index contributed by atoms with van der Waals surface area (Å²) >= 11 is 1.11. The minimum atomic E-state index is -3.74. The fourth-order valence-corrected chi connectivity index (χ4v) is 4.55. The summed E-state index contributed by atoms with van der Waals surface area (Å²) in [5.74, 6) is 0.763. The summed E-state index contributed by atoms with van der Waals surface area (Å²) in [7, 11) is -0.702. The number of thiazole rings is 1. The Bertz CT molecular complexity index is 1140. The van der Waals surface area contributed by atoms with Gasteiger partial charge >= 0.3 is 0 Å². The fraction of sp³-hybridized carbons (Fsp3) is 0.200. The highest BCUT2D eigenvalue weighted by Gasteiger charge is 2.17. The highest BCUT2D eigenvalue weighted by Crippen LogP contribution is 2.29. The third-order valence-corrected chi connectivity index (χ3v) is 6.42. The average molecular weight is 448 g/mol. The van der Waals surface area contributed by atoms with Crippen molar-refractivity contribution in [3.63, 3.8) is 0 Å². The third-order valence-electron chi connectivity index (χ3n) is 4.13. The van der Waals surface area contributed by atoms with Gasteiger partial charge in [0.1, 0.15) is 11.5 Å². The molecular formula is C20H21N3O5S2. The molecule has 0 unspecified atom stereocenters. The summed E-state index contributed by atoms with van der Waals surface area (Å²) in [6.45, 7) is 1.88. The Morgan fingerprint density at radius 3 is 2.50 bits per heavy atom. The summed E-state index contributed by atoms with van der Waals surface area (Å²) in [4.78, 5) is 16.7. The topological polar surface area (TPSA) is 107 Å². The second kappa shape index (κ2) is 9.14. The van der Waals surface area contributed by atoms with Gasteiger partial charge in [0.25, 0.3) is 10.0 Å². The van der Waals surface area contributed by atoms with Crippen LogP contribution in [0.15, 0.2) is 52.7 Å². The predicted molar refractivity (Wildman–Crippen MR) is 116 cm³/mol. The van der Waals surface area contributed by atoms with Crippen LogP contribution in [0.5, 0.6) is 11.5 Å². The van der Waals surface area contributed by atoms with Crippen LogP contribution in [0.2, 0.25) is 0 Å². The first-order valence-electron chi connectivity index (χ1n) is 8.86. The number of benzene rings is 2. The number of sulfonamides is 1. The zero-order valence-electron chi connectivity index (χ0n) is 16.6. The lowest BCUT2D eigenvalue weighted by Crippen LogP contribution is -2.16. The van der Waals surface area contributed by atoms with Crippen molar-refractivity contribution in [3.8, 4) is 11.5 Å². The molecule has 10 heteroatoms. The van der Waals surface area contributed by atoms with Gasteiger partial charge in [0, 0.05) is 11.4 Å². The van der Waals surface area contributed by atoms with Gasteiger partial charge in [-0.1, -0.05) is 17.7 Å². The number of rotatable bonds is 8. The minimum Gasteiger partial charge on any atom is -0.497 e. The third kappa shape index (κ3) is 5.28. The van der Waals surface area contributed by atoms with E-state index in [1.807, 2.05) is 6.92 Å². The predicted octanol–water partition coefficient (Wildman–Crippen LogP) is 3.45. The van der Waals surface area contributed by atoms with Crippen molar-refractivity contribution in [2.24, 2.45) is 0 Å². The van der Waals surface area contributed by atoms with E-state index in [1.54, 1.807) is 42.8 Å². The molecule has 3 rings (SSSR count). The second-order valence-corrected chi connectivity index (χ2v) is 8.89. The van der Waals surface area contributed by atoms with E-state index in [9.17, 15) is 13.2 Å². The fourth-order valence-electron chi connectivity index (χ4n) is 2.59. The summed E-state index contributed by atoms with van der Waals surface area (Å²) in [5, 5.41) is 4.59. The Labute approximate surface area is 178 Å². The van der Waals surface area contributed by atoms with E-state index in [2.05, 4.69) is 15.0 Å². The number of nitrogens with one attached hydrogen (secondary N) is 2. The number of aryl methyl sites for hydroxylation is 1. The molecule has 0 fully saturated rings. The molecule has 0 aliphatic carbocycles. The molecule has 8 nitrogen and oxygen atoms in total.